The third-order valence-corrected chi connectivity index (χ3v) is 2.43. The van der Waals surface area contributed by atoms with Gasteiger partial charge in [0, 0.05) is 12.1 Å². The molecule has 0 heterocycles. The lowest BCUT2D eigenvalue weighted by Crippen LogP contribution is -2.24. The van der Waals surface area contributed by atoms with Crippen LogP contribution in [0.25, 0.3) is 0 Å². The summed E-state index contributed by atoms with van der Waals surface area (Å²) in [5.74, 6) is -0.598. The first-order chi connectivity index (χ1) is 8.65. The van der Waals surface area contributed by atoms with Crippen LogP contribution >= 0.6 is 0 Å². The standard InChI is InChI=1S/C14H18FNO2/c1-3-18-14(17)11(2)10-16-9-8-12-6-4-5-7-13(12)15/h4-7,16H,2-3,8-10H2,1H3. The Bertz CT molecular complexity index is 418. The number of nitrogens with one attached hydrogen (secondary N) is 1. The maximum Gasteiger partial charge on any atom is 0.334 e. The molecule has 98 valence electrons. The fraction of sp³-hybridized carbons (Fsp3) is 0.357. The van der Waals surface area contributed by atoms with Crippen molar-refractivity contribution in [3.63, 3.8) is 0 Å². The molecule has 0 fully saturated rings. The highest BCUT2D eigenvalue weighted by atomic mass is 19.1. The van der Waals surface area contributed by atoms with E-state index in [1.165, 1.54) is 6.07 Å². The second-order valence-electron chi connectivity index (χ2n) is 3.84. The summed E-state index contributed by atoms with van der Waals surface area (Å²) in [6, 6.07) is 6.65. The predicted octanol–water partition coefficient (Wildman–Crippen LogP) is 2.08. The largest absolute Gasteiger partial charge is 0.463 e. The van der Waals surface area contributed by atoms with E-state index >= 15 is 0 Å². The summed E-state index contributed by atoms with van der Waals surface area (Å²) in [6.07, 6.45) is 0.572. The third kappa shape index (κ3) is 4.67. The highest BCUT2D eigenvalue weighted by Gasteiger charge is 2.06. The van der Waals surface area contributed by atoms with Crippen LogP contribution < -0.4 is 5.32 Å². The molecule has 3 nitrogen and oxygen atoms in total. The van der Waals surface area contributed by atoms with Crippen molar-refractivity contribution in [1.29, 1.82) is 0 Å². The molecule has 0 aliphatic rings. The van der Waals surface area contributed by atoms with E-state index in [-0.39, 0.29) is 5.82 Å². The first-order valence-corrected chi connectivity index (χ1v) is 5.94. The van der Waals surface area contributed by atoms with Gasteiger partial charge in [-0.05, 0) is 31.5 Å². The van der Waals surface area contributed by atoms with Gasteiger partial charge in [0.05, 0.1) is 6.61 Å². The molecule has 1 aromatic rings. The zero-order valence-corrected chi connectivity index (χ0v) is 10.5. The van der Waals surface area contributed by atoms with Crippen molar-refractivity contribution >= 4 is 5.97 Å². The zero-order valence-electron chi connectivity index (χ0n) is 10.5. The number of carbonyl (C=O) groups excluding carboxylic acids is 1. The number of carbonyl (C=O) groups is 1. The lowest BCUT2D eigenvalue weighted by Gasteiger charge is -2.07. The van der Waals surface area contributed by atoms with Crippen LogP contribution in [-0.4, -0.2) is 25.7 Å². The summed E-state index contributed by atoms with van der Waals surface area (Å²) in [5, 5.41) is 3.03. The number of benzene rings is 1. The van der Waals surface area contributed by atoms with Crippen molar-refractivity contribution in [2.24, 2.45) is 0 Å². The van der Waals surface area contributed by atoms with E-state index in [0.717, 1.165) is 0 Å². The van der Waals surface area contributed by atoms with Crippen LogP contribution in [0.3, 0.4) is 0 Å². The number of rotatable bonds is 7. The topological polar surface area (TPSA) is 38.3 Å². The molecule has 0 bridgehead atoms. The minimum absolute atomic E-state index is 0.205. The minimum Gasteiger partial charge on any atom is -0.463 e. The average molecular weight is 251 g/mol. The zero-order chi connectivity index (χ0) is 13.4. The first-order valence-electron chi connectivity index (χ1n) is 5.94. The molecule has 18 heavy (non-hydrogen) atoms. The summed E-state index contributed by atoms with van der Waals surface area (Å²) in [5.41, 5.74) is 1.04. The van der Waals surface area contributed by atoms with Gasteiger partial charge in [-0.1, -0.05) is 24.8 Å². The Morgan fingerprint density at radius 3 is 2.83 bits per heavy atom. The Labute approximate surface area is 107 Å². The summed E-state index contributed by atoms with van der Waals surface area (Å²) in [6.45, 7) is 6.65. The maximum absolute atomic E-state index is 13.3. The van der Waals surface area contributed by atoms with Crippen LogP contribution in [0, 0.1) is 5.82 Å². The number of hydrogen-bond acceptors (Lipinski definition) is 3. The van der Waals surface area contributed by atoms with E-state index in [0.29, 0.717) is 37.3 Å². The molecule has 4 heteroatoms. The monoisotopic (exact) mass is 251 g/mol. The van der Waals surface area contributed by atoms with E-state index in [9.17, 15) is 9.18 Å². The van der Waals surface area contributed by atoms with Gasteiger partial charge in [0.25, 0.3) is 0 Å². The number of halogens is 1. The van der Waals surface area contributed by atoms with Crippen molar-refractivity contribution in [3.8, 4) is 0 Å². The van der Waals surface area contributed by atoms with Crippen molar-refractivity contribution < 1.29 is 13.9 Å². The Balaban J connectivity index is 2.25. The highest BCUT2D eigenvalue weighted by molar-refractivity contribution is 5.88. The van der Waals surface area contributed by atoms with Gasteiger partial charge in [0.1, 0.15) is 5.82 Å². The molecule has 0 aliphatic heterocycles. The molecule has 0 aliphatic carbocycles. The predicted molar refractivity (Wildman–Crippen MR) is 68.7 cm³/mol. The van der Waals surface area contributed by atoms with E-state index in [2.05, 4.69) is 11.9 Å². The molecule has 0 aromatic heterocycles. The fourth-order valence-electron chi connectivity index (χ4n) is 1.47. The molecule has 0 saturated carbocycles. The molecule has 0 atom stereocenters. The molecule has 1 N–H and O–H groups in total. The number of ether oxygens (including phenoxy) is 1. The fourth-order valence-corrected chi connectivity index (χ4v) is 1.47. The van der Waals surface area contributed by atoms with Gasteiger partial charge in [-0.15, -0.1) is 0 Å². The Morgan fingerprint density at radius 1 is 1.44 bits per heavy atom. The van der Waals surface area contributed by atoms with Gasteiger partial charge in [0.15, 0.2) is 0 Å². The lowest BCUT2D eigenvalue weighted by atomic mass is 10.1. The first kappa shape index (κ1) is 14.4. The molecule has 0 radical (unpaired) electrons. The lowest BCUT2D eigenvalue weighted by molar-refractivity contribution is -0.138. The van der Waals surface area contributed by atoms with E-state index in [1.54, 1.807) is 25.1 Å². The average Bonchev–Trinajstić information content (AvgIpc) is 2.36. The normalized spacial score (nSPS) is 10.1. The molecular formula is C14H18FNO2. The van der Waals surface area contributed by atoms with Crippen molar-refractivity contribution in [1.82, 2.24) is 5.32 Å². The number of hydrogen-bond donors (Lipinski definition) is 1. The Kier molecular flexibility index (Phi) is 6.08. The van der Waals surface area contributed by atoms with Crippen molar-refractivity contribution in [2.45, 2.75) is 13.3 Å². The second-order valence-corrected chi connectivity index (χ2v) is 3.84. The SMILES string of the molecule is C=C(CNCCc1ccccc1F)C(=O)OCC. The molecular weight excluding hydrogens is 233 g/mol. The van der Waals surface area contributed by atoms with Gasteiger partial charge in [-0.25, -0.2) is 9.18 Å². The third-order valence-electron chi connectivity index (χ3n) is 2.43. The molecule has 0 amide bonds. The Hall–Kier alpha value is -1.68. The maximum atomic E-state index is 13.3. The molecule has 0 saturated heterocycles. The van der Waals surface area contributed by atoms with Gasteiger partial charge >= 0.3 is 5.97 Å². The quantitative estimate of drug-likeness (QED) is 0.458. The molecule has 1 aromatic carbocycles. The van der Waals surface area contributed by atoms with Gasteiger partial charge in [-0.2, -0.15) is 0 Å². The molecule has 1 rings (SSSR count). The highest BCUT2D eigenvalue weighted by Crippen LogP contribution is 2.06. The van der Waals surface area contributed by atoms with Crippen LogP contribution in [0.15, 0.2) is 36.4 Å². The van der Waals surface area contributed by atoms with Gasteiger partial charge in [0.2, 0.25) is 0 Å². The van der Waals surface area contributed by atoms with Gasteiger partial charge in [-0.3, -0.25) is 0 Å². The second kappa shape index (κ2) is 7.61. The van der Waals surface area contributed by atoms with Crippen LogP contribution in [-0.2, 0) is 16.0 Å². The van der Waals surface area contributed by atoms with Crippen LogP contribution in [0.2, 0.25) is 0 Å². The summed E-state index contributed by atoms with van der Waals surface area (Å²) < 4.78 is 18.1. The van der Waals surface area contributed by atoms with E-state index in [1.807, 2.05) is 0 Å². The number of esters is 1. The molecule has 0 unspecified atom stereocenters. The Morgan fingerprint density at radius 2 is 2.17 bits per heavy atom. The van der Waals surface area contributed by atoms with Crippen LogP contribution in [0.1, 0.15) is 12.5 Å². The molecule has 0 spiro atoms. The summed E-state index contributed by atoms with van der Waals surface area (Å²) in [7, 11) is 0. The van der Waals surface area contributed by atoms with Crippen LogP contribution in [0.4, 0.5) is 4.39 Å². The van der Waals surface area contributed by atoms with E-state index in [4.69, 9.17) is 4.74 Å². The summed E-state index contributed by atoms with van der Waals surface area (Å²) >= 11 is 0. The van der Waals surface area contributed by atoms with Crippen LogP contribution in [0.5, 0.6) is 0 Å². The van der Waals surface area contributed by atoms with Crippen molar-refractivity contribution in [3.05, 3.63) is 47.8 Å². The van der Waals surface area contributed by atoms with E-state index < -0.39 is 5.97 Å². The van der Waals surface area contributed by atoms with Gasteiger partial charge < -0.3 is 10.1 Å². The van der Waals surface area contributed by atoms with Crippen molar-refractivity contribution in [2.75, 3.05) is 19.7 Å². The minimum atomic E-state index is -0.393. The summed E-state index contributed by atoms with van der Waals surface area (Å²) in [4.78, 5) is 11.2. The smallest absolute Gasteiger partial charge is 0.334 e.